The monoisotopic (exact) mass is 371 g/mol. The lowest BCUT2D eigenvalue weighted by Gasteiger charge is -2.38. The molecule has 4 nitrogen and oxygen atoms in total. The molecule has 0 spiro atoms. The maximum Gasteiger partial charge on any atom is 0.224 e. The first-order valence-corrected chi connectivity index (χ1v) is 10.6. The summed E-state index contributed by atoms with van der Waals surface area (Å²) < 4.78 is 0. The average Bonchev–Trinajstić information content (AvgIpc) is 3.11. The van der Waals surface area contributed by atoms with Crippen LogP contribution < -0.4 is 10.2 Å². The summed E-state index contributed by atoms with van der Waals surface area (Å²) in [6.07, 6.45) is 5.82. The van der Waals surface area contributed by atoms with Gasteiger partial charge in [0.1, 0.15) is 0 Å². The van der Waals surface area contributed by atoms with Crippen molar-refractivity contribution >= 4 is 17.3 Å². The highest BCUT2D eigenvalue weighted by molar-refractivity contribution is 5.93. The van der Waals surface area contributed by atoms with Gasteiger partial charge in [-0.1, -0.05) is 20.8 Å². The van der Waals surface area contributed by atoms with Gasteiger partial charge in [-0.15, -0.1) is 0 Å². The van der Waals surface area contributed by atoms with Gasteiger partial charge in [0.2, 0.25) is 5.91 Å². The first-order valence-electron chi connectivity index (χ1n) is 10.6. The van der Waals surface area contributed by atoms with E-state index in [2.05, 4.69) is 61.9 Å². The smallest absolute Gasteiger partial charge is 0.224 e. The van der Waals surface area contributed by atoms with Crippen LogP contribution in [0.4, 0.5) is 11.4 Å². The Kier molecular flexibility index (Phi) is 6.15. The van der Waals surface area contributed by atoms with E-state index in [0.29, 0.717) is 6.42 Å². The van der Waals surface area contributed by atoms with Crippen molar-refractivity contribution in [1.29, 1.82) is 0 Å². The van der Waals surface area contributed by atoms with Gasteiger partial charge in [-0.05, 0) is 81.3 Å². The molecule has 3 rings (SSSR count). The van der Waals surface area contributed by atoms with Gasteiger partial charge in [0, 0.05) is 36.9 Å². The number of amides is 1. The third kappa shape index (κ3) is 5.25. The maximum absolute atomic E-state index is 12.4. The van der Waals surface area contributed by atoms with Crippen molar-refractivity contribution < 1.29 is 4.79 Å². The second kappa shape index (κ2) is 8.22. The van der Waals surface area contributed by atoms with Gasteiger partial charge in [0.15, 0.2) is 0 Å². The van der Waals surface area contributed by atoms with E-state index in [1.165, 1.54) is 44.5 Å². The summed E-state index contributed by atoms with van der Waals surface area (Å²) in [4.78, 5) is 17.6. The number of carbonyl (C=O) groups excluding carboxylic acids is 1. The Morgan fingerprint density at radius 3 is 2.11 bits per heavy atom. The molecule has 1 N–H and O–H groups in total. The Balaban J connectivity index is 1.63. The van der Waals surface area contributed by atoms with E-state index in [1.807, 2.05) is 0 Å². The third-order valence-electron chi connectivity index (χ3n) is 5.96. The van der Waals surface area contributed by atoms with Crippen LogP contribution in [0.25, 0.3) is 0 Å². The summed E-state index contributed by atoms with van der Waals surface area (Å²) in [6, 6.07) is 5.27. The van der Waals surface area contributed by atoms with E-state index in [9.17, 15) is 4.79 Å². The lowest BCUT2D eigenvalue weighted by molar-refractivity contribution is -0.117. The standard InChI is InChI=1S/C23H37N3O/c1-17-14-20(15-18(2)22(17)24-21(27)16-23(3,4)5)26-12-8-19(9-13-26)25-10-6-7-11-25/h14-15,19H,6-13,16H2,1-5H3,(H,24,27). The van der Waals surface area contributed by atoms with Crippen LogP contribution in [0.15, 0.2) is 12.1 Å². The zero-order chi connectivity index (χ0) is 19.6. The third-order valence-corrected chi connectivity index (χ3v) is 5.96. The van der Waals surface area contributed by atoms with Crippen LogP contribution in [0.3, 0.4) is 0 Å². The maximum atomic E-state index is 12.4. The van der Waals surface area contributed by atoms with Gasteiger partial charge in [-0.25, -0.2) is 0 Å². The van der Waals surface area contributed by atoms with Crippen molar-refractivity contribution in [2.24, 2.45) is 5.41 Å². The summed E-state index contributed by atoms with van der Waals surface area (Å²) in [6.45, 7) is 15.4. The van der Waals surface area contributed by atoms with Crippen LogP contribution in [-0.2, 0) is 4.79 Å². The number of benzene rings is 1. The molecule has 0 aliphatic carbocycles. The zero-order valence-electron chi connectivity index (χ0n) is 17.9. The molecule has 1 amide bonds. The number of nitrogens with one attached hydrogen (secondary N) is 1. The molecule has 150 valence electrons. The lowest BCUT2D eigenvalue weighted by atomic mass is 9.92. The highest BCUT2D eigenvalue weighted by atomic mass is 16.1. The van der Waals surface area contributed by atoms with E-state index in [4.69, 9.17) is 0 Å². The van der Waals surface area contributed by atoms with Crippen molar-refractivity contribution in [3.63, 3.8) is 0 Å². The summed E-state index contributed by atoms with van der Waals surface area (Å²) in [7, 11) is 0. The number of carbonyl (C=O) groups is 1. The highest BCUT2D eigenvalue weighted by Crippen LogP contribution is 2.31. The number of aryl methyl sites for hydroxylation is 2. The predicted octanol–water partition coefficient (Wildman–Crippen LogP) is 4.74. The minimum atomic E-state index is 0.00547. The predicted molar refractivity (Wildman–Crippen MR) is 115 cm³/mol. The Labute approximate surface area is 165 Å². The fraction of sp³-hybridized carbons (Fsp3) is 0.696. The number of hydrogen-bond donors (Lipinski definition) is 1. The van der Waals surface area contributed by atoms with Crippen molar-refractivity contribution in [3.8, 4) is 0 Å². The molecular weight excluding hydrogens is 334 g/mol. The van der Waals surface area contributed by atoms with Crippen LogP contribution in [0.5, 0.6) is 0 Å². The molecule has 1 aromatic rings. The van der Waals surface area contributed by atoms with Crippen molar-refractivity contribution in [1.82, 2.24) is 4.90 Å². The molecule has 2 aliphatic heterocycles. The van der Waals surface area contributed by atoms with Crippen LogP contribution in [0.2, 0.25) is 0 Å². The number of anilines is 2. The fourth-order valence-corrected chi connectivity index (χ4v) is 4.58. The highest BCUT2D eigenvalue weighted by Gasteiger charge is 2.27. The van der Waals surface area contributed by atoms with Gasteiger partial charge < -0.3 is 15.1 Å². The number of piperidine rings is 1. The Bertz CT molecular complexity index is 640. The largest absolute Gasteiger partial charge is 0.371 e. The van der Waals surface area contributed by atoms with Gasteiger partial charge in [-0.2, -0.15) is 0 Å². The first-order chi connectivity index (χ1) is 12.7. The summed E-state index contributed by atoms with van der Waals surface area (Å²) in [5.41, 5.74) is 4.62. The normalized spacial score (nSPS) is 19.5. The number of hydrogen-bond acceptors (Lipinski definition) is 3. The van der Waals surface area contributed by atoms with E-state index in [1.54, 1.807) is 0 Å². The topological polar surface area (TPSA) is 35.6 Å². The molecular formula is C23H37N3O. The van der Waals surface area contributed by atoms with Gasteiger partial charge in [0.05, 0.1) is 0 Å². The Morgan fingerprint density at radius 2 is 1.59 bits per heavy atom. The molecule has 0 unspecified atom stereocenters. The number of nitrogens with zero attached hydrogens (tertiary/aromatic N) is 2. The Hall–Kier alpha value is -1.55. The molecule has 0 radical (unpaired) electrons. The summed E-state index contributed by atoms with van der Waals surface area (Å²) >= 11 is 0. The minimum absolute atomic E-state index is 0.00547. The second-order valence-electron chi connectivity index (χ2n) is 9.70. The SMILES string of the molecule is Cc1cc(N2CCC(N3CCCC3)CC2)cc(C)c1NC(=O)CC(C)(C)C. The van der Waals surface area contributed by atoms with E-state index < -0.39 is 0 Å². The van der Waals surface area contributed by atoms with Crippen LogP contribution in [0.1, 0.15) is 64.0 Å². The van der Waals surface area contributed by atoms with E-state index >= 15 is 0 Å². The van der Waals surface area contributed by atoms with Gasteiger partial charge >= 0.3 is 0 Å². The van der Waals surface area contributed by atoms with E-state index in [-0.39, 0.29) is 11.3 Å². The number of rotatable bonds is 4. The molecule has 0 atom stereocenters. The van der Waals surface area contributed by atoms with Crippen LogP contribution in [-0.4, -0.2) is 43.0 Å². The van der Waals surface area contributed by atoms with Crippen LogP contribution in [0, 0.1) is 19.3 Å². The zero-order valence-corrected chi connectivity index (χ0v) is 17.9. The molecule has 0 aromatic heterocycles. The van der Waals surface area contributed by atoms with Crippen molar-refractivity contribution in [3.05, 3.63) is 23.3 Å². The fourth-order valence-electron chi connectivity index (χ4n) is 4.58. The van der Waals surface area contributed by atoms with Crippen molar-refractivity contribution in [2.75, 3.05) is 36.4 Å². The molecule has 4 heteroatoms. The molecule has 2 heterocycles. The average molecular weight is 372 g/mol. The molecule has 2 fully saturated rings. The number of likely N-dealkylation sites (tertiary alicyclic amines) is 1. The second-order valence-corrected chi connectivity index (χ2v) is 9.70. The minimum Gasteiger partial charge on any atom is -0.371 e. The summed E-state index contributed by atoms with van der Waals surface area (Å²) in [5.74, 6) is 0.105. The molecule has 27 heavy (non-hydrogen) atoms. The van der Waals surface area contributed by atoms with Crippen LogP contribution >= 0.6 is 0 Å². The molecule has 0 saturated carbocycles. The van der Waals surface area contributed by atoms with Gasteiger partial charge in [0.25, 0.3) is 0 Å². The molecule has 1 aromatic carbocycles. The molecule has 2 saturated heterocycles. The van der Waals surface area contributed by atoms with E-state index in [0.717, 1.165) is 35.9 Å². The summed E-state index contributed by atoms with van der Waals surface area (Å²) in [5, 5.41) is 3.15. The quantitative estimate of drug-likeness (QED) is 0.830. The molecule has 0 bridgehead atoms. The van der Waals surface area contributed by atoms with Gasteiger partial charge in [-0.3, -0.25) is 4.79 Å². The Morgan fingerprint density at radius 1 is 1.04 bits per heavy atom. The first kappa shape index (κ1) is 20.2. The molecule has 2 aliphatic rings. The van der Waals surface area contributed by atoms with Crippen molar-refractivity contribution in [2.45, 2.75) is 72.8 Å². The lowest BCUT2D eigenvalue weighted by Crippen LogP contribution is -2.43.